The molecule has 0 unspecified atom stereocenters. The normalized spacial score (nSPS) is 15.2. The van der Waals surface area contributed by atoms with Gasteiger partial charge in [-0.25, -0.2) is 0 Å². The van der Waals surface area contributed by atoms with Gasteiger partial charge in [-0.2, -0.15) is 26.3 Å². The van der Waals surface area contributed by atoms with Gasteiger partial charge in [0.05, 0.1) is 11.1 Å². The van der Waals surface area contributed by atoms with E-state index in [2.05, 4.69) is 0 Å². The Hall–Kier alpha value is -2.75. The maximum absolute atomic E-state index is 12.9. The molecule has 2 N–H and O–H groups in total. The van der Waals surface area contributed by atoms with Crippen LogP contribution in [-0.2, 0) is 12.4 Å². The molecule has 1 aliphatic rings. The number of carbonyl (C=O) groups excluding carboxylic acids is 1. The summed E-state index contributed by atoms with van der Waals surface area (Å²) in [5.41, 5.74) is 2.89. The topological polar surface area (TPSA) is 55.6 Å². The predicted molar refractivity (Wildman–Crippen MR) is 91.4 cm³/mol. The Balaban J connectivity index is 1.78. The molecule has 1 aliphatic heterocycles. The number of nitrogens with two attached hydrogens (primary N) is 1. The zero-order chi connectivity index (χ0) is 21.4. The Morgan fingerprint density at radius 3 is 1.90 bits per heavy atom. The highest BCUT2D eigenvalue weighted by molar-refractivity contribution is 5.94. The van der Waals surface area contributed by atoms with E-state index in [4.69, 9.17) is 10.5 Å². The van der Waals surface area contributed by atoms with Gasteiger partial charge in [0.25, 0.3) is 5.91 Å². The summed E-state index contributed by atoms with van der Waals surface area (Å²) in [6, 6.07) is 6.40. The molecule has 2 aromatic carbocycles. The van der Waals surface area contributed by atoms with Crippen LogP contribution in [-0.4, -0.2) is 30.4 Å². The molecule has 0 atom stereocenters. The summed E-state index contributed by atoms with van der Waals surface area (Å²) >= 11 is 0. The van der Waals surface area contributed by atoms with Crippen LogP contribution < -0.4 is 10.5 Å². The van der Waals surface area contributed by atoms with Crippen molar-refractivity contribution in [2.75, 3.05) is 19.6 Å². The Morgan fingerprint density at radius 1 is 0.931 bits per heavy atom. The van der Waals surface area contributed by atoms with Crippen LogP contribution in [0.3, 0.4) is 0 Å². The molecule has 0 spiro atoms. The molecule has 0 aliphatic carbocycles. The fraction of sp³-hybridized carbons (Fsp3) is 0.316. The van der Waals surface area contributed by atoms with Crippen molar-refractivity contribution in [2.24, 2.45) is 11.7 Å². The minimum absolute atomic E-state index is 0.00237. The van der Waals surface area contributed by atoms with E-state index >= 15 is 0 Å². The number of likely N-dealkylation sites (tertiary alicyclic amines) is 1. The standard InChI is InChI=1S/C19H16F6N2O2/c20-18(21,22)13-5-14(19(23,24)25)7-16(6-13)29-15-3-1-12(2-4-15)17(28)27-9-11(8-26)10-27/h1-7,11H,8-10,26H2. The highest BCUT2D eigenvalue weighted by atomic mass is 19.4. The van der Waals surface area contributed by atoms with E-state index < -0.39 is 29.2 Å². The highest BCUT2D eigenvalue weighted by Gasteiger charge is 2.37. The smallest absolute Gasteiger partial charge is 0.416 e. The van der Waals surface area contributed by atoms with Gasteiger partial charge < -0.3 is 15.4 Å². The van der Waals surface area contributed by atoms with E-state index in [0.29, 0.717) is 37.3 Å². The number of rotatable bonds is 4. The molecule has 0 radical (unpaired) electrons. The molecule has 1 heterocycles. The molecule has 156 valence electrons. The Bertz CT molecular complexity index is 855. The third-order valence-electron chi connectivity index (χ3n) is 4.48. The van der Waals surface area contributed by atoms with Crippen molar-refractivity contribution < 1.29 is 35.9 Å². The first-order chi connectivity index (χ1) is 13.5. The lowest BCUT2D eigenvalue weighted by Crippen LogP contribution is -2.52. The zero-order valence-corrected chi connectivity index (χ0v) is 14.8. The van der Waals surface area contributed by atoms with Gasteiger partial charge in [-0.3, -0.25) is 4.79 Å². The number of alkyl halides is 6. The van der Waals surface area contributed by atoms with Gasteiger partial charge in [-0.1, -0.05) is 0 Å². The van der Waals surface area contributed by atoms with Crippen LogP contribution in [0.2, 0.25) is 0 Å². The number of carbonyl (C=O) groups is 1. The van der Waals surface area contributed by atoms with Crippen LogP contribution in [0.4, 0.5) is 26.3 Å². The first kappa shape index (κ1) is 21.0. The molecule has 29 heavy (non-hydrogen) atoms. The van der Waals surface area contributed by atoms with Crippen molar-refractivity contribution in [1.82, 2.24) is 4.90 Å². The second kappa shape index (κ2) is 7.58. The lowest BCUT2D eigenvalue weighted by Gasteiger charge is -2.38. The van der Waals surface area contributed by atoms with E-state index in [1.165, 1.54) is 24.3 Å². The van der Waals surface area contributed by atoms with Gasteiger partial charge >= 0.3 is 12.4 Å². The molecular formula is C19H16F6N2O2. The van der Waals surface area contributed by atoms with Crippen molar-refractivity contribution in [2.45, 2.75) is 12.4 Å². The fourth-order valence-corrected chi connectivity index (χ4v) is 2.85. The minimum atomic E-state index is -4.96. The fourth-order valence-electron chi connectivity index (χ4n) is 2.85. The third-order valence-corrected chi connectivity index (χ3v) is 4.48. The first-order valence-electron chi connectivity index (χ1n) is 8.54. The van der Waals surface area contributed by atoms with E-state index in [1.807, 2.05) is 0 Å². The molecule has 2 aromatic rings. The van der Waals surface area contributed by atoms with E-state index in [9.17, 15) is 31.1 Å². The molecule has 1 amide bonds. The number of ether oxygens (including phenoxy) is 1. The van der Waals surface area contributed by atoms with Crippen LogP contribution in [0.15, 0.2) is 42.5 Å². The summed E-state index contributed by atoms with van der Waals surface area (Å²) in [5, 5.41) is 0. The average molecular weight is 418 g/mol. The van der Waals surface area contributed by atoms with Crippen molar-refractivity contribution in [3.63, 3.8) is 0 Å². The minimum Gasteiger partial charge on any atom is -0.457 e. The number of benzene rings is 2. The largest absolute Gasteiger partial charge is 0.457 e. The first-order valence-corrected chi connectivity index (χ1v) is 8.54. The quantitative estimate of drug-likeness (QED) is 0.742. The highest BCUT2D eigenvalue weighted by Crippen LogP contribution is 2.39. The zero-order valence-electron chi connectivity index (χ0n) is 14.8. The van der Waals surface area contributed by atoms with Crippen LogP contribution in [0.25, 0.3) is 0 Å². The van der Waals surface area contributed by atoms with Crippen LogP contribution in [0, 0.1) is 5.92 Å². The summed E-state index contributed by atoms with van der Waals surface area (Å²) in [4.78, 5) is 13.9. The summed E-state index contributed by atoms with van der Waals surface area (Å²) in [7, 11) is 0. The second-order valence-corrected chi connectivity index (χ2v) is 6.68. The predicted octanol–water partition coefficient (Wildman–Crippen LogP) is 4.55. The number of hydrogen-bond acceptors (Lipinski definition) is 3. The van der Waals surface area contributed by atoms with E-state index in [0.717, 1.165) is 0 Å². The summed E-state index contributed by atoms with van der Waals surface area (Å²) in [6.45, 7) is 1.56. The molecule has 0 saturated carbocycles. The maximum Gasteiger partial charge on any atom is 0.416 e. The van der Waals surface area contributed by atoms with Gasteiger partial charge in [0.2, 0.25) is 0 Å². The van der Waals surface area contributed by atoms with Gasteiger partial charge in [0, 0.05) is 24.6 Å². The van der Waals surface area contributed by atoms with Gasteiger partial charge in [-0.05, 0) is 49.0 Å². The summed E-state index contributed by atoms with van der Waals surface area (Å²) in [6.07, 6.45) is -9.93. The van der Waals surface area contributed by atoms with Gasteiger partial charge in [-0.15, -0.1) is 0 Å². The summed E-state index contributed by atoms with van der Waals surface area (Å²) in [5.74, 6) is -0.595. The van der Waals surface area contributed by atoms with Crippen LogP contribution in [0.5, 0.6) is 11.5 Å². The summed E-state index contributed by atoms with van der Waals surface area (Å²) < 4.78 is 82.6. The number of halogens is 6. The van der Waals surface area contributed by atoms with Crippen molar-refractivity contribution in [3.05, 3.63) is 59.2 Å². The number of nitrogens with zero attached hydrogens (tertiary/aromatic N) is 1. The Kier molecular flexibility index (Phi) is 5.48. The molecule has 4 nitrogen and oxygen atoms in total. The maximum atomic E-state index is 12.9. The molecule has 0 aromatic heterocycles. The van der Waals surface area contributed by atoms with E-state index in [-0.39, 0.29) is 23.6 Å². The lowest BCUT2D eigenvalue weighted by atomic mass is 9.99. The van der Waals surface area contributed by atoms with Crippen molar-refractivity contribution in [3.8, 4) is 11.5 Å². The molecular weight excluding hydrogens is 402 g/mol. The van der Waals surface area contributed by atoms with Gasteiger partial charge in [0.1, 0.15) is 11.5 Å². The molecule has 1 fully saturated rings. The van der Waals surface area contributed by atoms with Gasteiger partial charge in [0.15, 0.2) is 0 Å². The molecule has 3 rings (SSSR count). The van der Waals surface area contributed by atoms with Crippen molar-refractivity contribution >= 4 is 5.91 Å². The number of hydrogen-bond donors (Lipinski definition) is 1. The van der Waals surface area contributed by atoms with E-state index in [1.54, 1.807) is 4.90 Å². The molecule has 0 bridgehead atoms. The lowest BCUT2D eigenvalue weighted by molar-refractivity contribution is -0.143. The second-order valence-electron chi connectivity index (χ2n) is 6.68. The Morgan fingerprint density at radius 2 is 1.45 bits per heavy atom. The molecule has 1 saturated heterocycles. The third kappa shape index (κ3) is 4.81. The SMILES string of the molecule is NCC1CN(C(=O)c2ccc(Oc3cc(C(F)(F)F)cc(C(F)(F)F)c3)cc2)C1. The van der Waals surface area contributed by atoms with Crippen LogP contribution >= 0.6 is 0 Å². The monoisotopic (exact) mass is 418 g/mol. The average Bonchev–Trinajstić information content (AvgIpc) is 2.59. The Labute approximate surface area is 161 Å². The molecule has 10 heteroatoms. The number of amides is 1. The van der Waals surface area contributed by atoms with Crippen LogP contribution in [0.1, 0.15) is 21.5 Å². The van der Waals surface area contributed by atoms with Crippen molar-refractivity contribution in [1.29, 1.82) is 0 Å².